The van der Waals surface area contributed by atoms with Crippen molar-refractivity contribution in [2.24, 2.45) is 0 Å². The average molecular weight is 1430 g/mol. The number of hydrogen-bond donors (Lipinski definition) is 0. The number of fused-ring (bicyclic) bond motifs is 16. The standard InChI is InChI=1S/C104H75BN4O2/c1-103(2,3)71-50-55-88-82(62-71)83-63-72(104(4,5)6)51-56-89(83)107(88)93-44-26-38-79(81-40-24-39-80-77-36-19-23-46-97(77)111-102(80)81)101(93)109-91-54-49-68(65-29-12-8-13-30-65)58-85(91)105-84-57-67(64-27-10-7-11-28-64)48-53-90(84)108(94-59-70(60-95(109)99(94)105)66-31-14-9-15-32-66)100-73(69-47-52-78-76-35-18-22-45-96(76)110-98(78)61-69)37-25-43-92(100)106-86-41-20-16-33-74(86)75-34-17-21-42-87(75)106/h7-63H,1-6H3/i9D,14D,15D,31D,32D. The van der Waals surface area contributed by atoms with Gasteiger partial charge in [-0.05, 0) is 174 Å². The van der Waals surface area contributed by atoms with Crippen LogP contribution in [-0.4, -0.2) is 15.8 Å². The van der Waals surface area contributed by atoms with E-state index in [0.29, 0.717) is 5.56 Å². The molecule has 6 nitrogen and oxygen atoms in total. The number of furan rings is 2. The number of nitrogens with zero attached hydrogens (tertiary/aromatic N) is 4. The van der Waals surface area contributed by atoms with E-state index in [1.165, 1.54) is 11.1 Å². The summed E-state index contributed by atoms with van der Waals surface area (Å²) >= 11 is 0. The molecular weight excluding hydrogens is 1350 g/mol. The summed E-state index contributed by atoms with van der Waals surface area (Å²) in [4.78, 5) is 4.92. The lowest BCUT2D eigenvalue weighted by molar-refractivity contribution is 0.590. The van der Waals surface area contributed by atoms with E-state index < -0.39 is 24.8 Å². The molecule has 16 aromatic carbocycles. The lowest BCUT2D eigenvalue weighted by atomic mass is 9.33. The summed E-state index contributed by atoms with van der Waals surface area (Å²) in [5.41, 5.74) is 27.0. The Morgan fingerprint density at radius 1 is 0.279 bits per heavy atom. The maximum absolute atomic E-state index is 10.2. The van der Waals surface area contributed by atoms with Crippen molar-refractivity contribution in [3.8, 4) is 67.0 Å². The molecule has 0 spiro atoms. The fourth-order valence-corrected chi connectivity index (χ4v) is 18.2. The van der Waals surface area contributed by atoms with Gasteiger partial charge in [0.1, 0.15) is 22.3 Å². The third-order valence-corrected chi connectivity index (χ3v) is 23.5. The van der Waals surface area contributed by atoms with E-state index in [1.807, 2.05) is 24.3 Å². The summed E-state index contributed by atoms with van der Waals surface area (Å²) in [6.45, 7) is 13.2. The molecule has 0 bridgehead atoms. The van der Waals surface area contributed by atoms with Gasteiger partial charge >= 0.3 is 0 Å². The van der Waals surface area contributed by atoms with Crippen LogP contribution in [0.3, 0.4) is 0 Å². The molecule has 0 saturated carbocycles. The van der Waals surface area contributed by atoms with Crippen molar-refractivity contribution in [2.75, 3.05) is 9.80 Å². The molecule has 2 aliphatic heterocycles. The number of aromatic nitrogens is 2. The van der Waals surface area contributed by atoms with Crippen LogP contribution in [0, 0.1) is 0 Å². The van der Waals surface area contributed by atoms with Crippen molar-refractivity contribution < 1.29 is 15.7 Å². The van der Waals surface area contributed by atoms with Gasteiger partial charge in [0.25, 0.3) is 6.71 Å². The predicted octanol–water partition coefficient (Wildman–Crippen LogP) is 26.7. The zero-order chi connectivity index (χ0) is 78.5. The van der Waals surface area contributed by atoms with E-state index in [9.17, 15) is 6.85 Å². The first-order chi connectivity index (χ1) is 56.4. The number of hydrogen-bond acceptors (Lipinski definition) is 4. The molecule has 0 atom stereocenters. The van der Waals surface area contributed by atoms with Crippen LogP contribution in [0.25, 0.3) is 154 Å². The Labute approximate surface area is 651 Å². The minimum absolute atomic E-state index is 0.0699. The second-order valence-electron chi connectivity index (χ2n) is 31.9. The van der Waals surface area contributed by atoms with Crippen molar-refractivity contribution in [3.63, 3.8) is 0 Å². The second-order valence-corrected chi connectivity index (χ2v) is 31.9. The summed E-state index contributed by atoms with van der Waals surface area (Å²) in [7, 11) is 0. The Morgan fingerprint density at radius 3 is 1.30 bits per heavy atom. The summed E-state index contributed by atoms with van der Waals surface area (Å²) in [5, 5.41) is 8.44. The number of para-hydroxylation sites is 7. The van der Waals surface area contributed by atoms with E-state index in [2.05, 4.69) is 352 Å². The minimum atomic E-state index is -0.538. The highest BCUT2D eigenvalue weighted by Crippen LogP contribution is 2.56. The highest BCUT2D eigenvalue weighted by atomic mass is 16.3. The van der Waals surface area contributed by atoms with Crippen molar-refractivity contribution in [2.45, 2.75) is 52.4 Å². The molecule has 0 unspecified atom stereocenters. The third-order valence-electron chi connectivity index (χ3n) is 23.5. The van der Waals surface area contributed by atoms with Crippen LogP contribution >= 0.6 is 0 Å². The van der Waals surface area contributed by atoms with E-state index in [0.717, 1.165) is 194 Å². The minimum Gasteiger partial charge on any atom is -0.456 e. The predicted molar refractivity (Wildman–Crippen MR) is 468 cm³/mol. The van der Waals surface area contributed by atoms with Crippen LogP contribution in [0.15, 0.2) is 354 Å². The van der Waals surface area contributed by atoms with Crippen molar-refractivity contribution >= 4 is 145 Å². The van der Waals surface area contributed by atoms with Crippen molar-refractivity contribution in [1.82, 2.24) is 9.13 Å². The van der Waals surface area contributed by atoms with E-state index in [4.69, 9.17) is 8.83 Å². The van der Waals surface area contributed by atoms with Crippen molar-refractivity contribution in [1.29, 1.82) is 0 Å². The molecule has 2 aliphatic rings. The zero-order valence-electron chi connectivity index (χ0n) is 67.2. The number of rotatable bonds is 9. The molecule has 526 valence electrons. The summed E-state index contributed by atoms with van der Waals surface area (Å²) in [6, 6.07) is 112. The van der Waals surface area contributed by atoms with Crippen molar-refractivity contribution in [3.05, 3.63) is 357 Å². The van der Waals surface area contributed by atoms with Gasteiger partial charge in [-0.25, -0.2) is 0 Å². The first-order valence-electron chi connectivity index (χ1n) is 40.8. The topological polar surface area (TPSA) is 42.6 Å². The molecule has 7 heteroatoms. The lowest BCUT2D eigenvalue weighted by Gasteiger charge is -2.46. The van der Waals surface area contributed by atoms with Gasteiger partial charge in [-0.15, -0.1) is 0 Å². The van der Waals surface area contributed by atoms with Gasteiger partial charge in [0.15, 0.2) is 0 Å². The number of anilines is 6. The molecular formula is C104H75BN4O2. The highest BCUT2D eigenvalue weighted by Gasteiger charge is 2.46. The van der Waals surface area contributed by atoms with Gasteiger partial charge in [0, 0.05) is 82.5 Å². The fraction of sp³-hybridized carbons (Fsp3) is 0.0769. The van der Waals surface area contributed by atoms with Crippen LogP contribution in [-0.2, 0) is 10.8 Å². The lowest BCUT2D eigenvalue weighted by Crippen LogP contribution is -2.61. The van der Waals surface area contributed by atoms with E-state index >= 15 is 0 Å². The molecule has 111 heavy (non-hydrogen) atoms. The molecule has 0 fully saturated rings. The molecule has 0 radical (unpaired) electrons. The molecule has 22 rings (SSSR count). The largest absolute Gasteiger partial charge is 0.456 e. The van der Waals surface area contributed by atoms with Gasteiger partial charge in [-0.3, -0.25) is 0 Å². The fourth-order valence-electron chi connectivity index (χ4n) is 18.2. The molecule has 4 aromatic heterocycles. The molecule has 0 aliphatic carbocycles. The monoisotopic (exact) mass is 1430 g/mol. The maximum Gasteiger partial charge on any atom is 0.252 e. The van der Waals surface area contributed by atoms with Crippen LogP contribution < -0.4 is 26.2 Å². The van der Waals surface area contributed by atoms with E-state index in [-0.39, 0.29) is 28.5 Å². The normalized spacial score (nSPS) is 13.5. The smallest absolute Gasteiger partial charge is 0.252 e. The van der Waals surface area contributed by atoms with E-state index in [1.54, 1.807) is 0 Å². The highest BCUT2D eigenvalue weighted by molar-refractivity contribution is 7.00. The molecule has 0 saturated heterocycles. The first kappa shape index (κ1) is 59.4. The Morgan fingerprint density at radius 2 is 0.730 bits per heavy atom. The molecule has 6 heterocycles. The molecule has 20 aromatic rings. The Bertz CT molecular complexity index is 7430. The van der Waals surface area contributed by atoms with Crippen LogP contribution in [0.1, 0.15) is 59.5 Å². The summed E-state index contributed by atoms with van der Waals surface area (Å²) < 4.78 is 67.9. The SMILES string of the molecule is [2H]c1c([2H])c([2H])c(-c2cc3c4c(c2)N(c2c(-c5cccc6c5oc5ccccc56)cccc2-n2c5ccc(C(C)(C)C)cc5c5cc(C(C)(C)C)ccc52)c2ccc(-c5ccccc5)cc2B4c2cc(-c4ccccc4)ccc2N3c2c(-c3ccc4c(c3)oc3ccccc34)cccc2-n2c3ccccc3c3ccccc32)c([2H])c1[2H]. The second kappa shape index (κ2) is 24.4. The van der Waals surface area contributed by atoms with Gasteiger partial charge < -0.3 is 27.8 Å². The van der Waals surface area contributed by atoms with Crippen LogP contribution in [0.2, 0.25) is 0 Å². The number of benzene rings is 16. The molecule has 0 amide bonds. The third kappa shape index (κ3) is 9.98. The first-order valence-corrected chi connectivity index (χ1v) is 38.3. The van der Waals surface area contributed by atoms with Gasteiger partial charge in [-0.1, -0.05) is 290 Å². The Kier molecular flexibility index (Phi) is 13.1. The van der Waals surface area contributed by atoms with Gasteiger partial charge in [-0.2, -0.15) is 0 Å². The van der Waals surface area contributed by atoms with Gasteiger partial charge in [0.05, 0.1) is 51.7 Å². The summed E-state index contributed by atoms with van der Waals surface area (Å²) in [5.74, 6) is 0. The van der Waals surface area contributed by atoms with Gasteiger partial charge in [0.2, 0.25) is 0 Å². The zero-order valence-corrected chi connectivity index (χ0v) is 62.2. The van der Waals surface area contributed by atoms with Crippen LogP contribution in [0.4, 0.5) is 34.1 Å². The summed E-state index contributed by atoms with van der Waals surface area (Å²) in [6.07, 6.45) is 0. The molecule has 0 N–H and O–H groups in total. The Hall–Kier alpha value is -13.6. The maximum atomic E-state index is 10.2. The van der Waals surface area contributed by atoms with Crippen LogP contribution in [0.5, 0.6) is 0 Å². The average Bonchev–Trinajstić information content (AvgIpc) is 0.714. The Balaban J connectivity index is 0.948. The quantitative estimate of drug-likeness (QED) is 0.135.